The third-order valence-corrected chi connectivity index (χ3v) is 5.23. The van der Waals surface area contributed by atoms with Gasteiger partial charge in [-0.25, -0.2) is 4.98 Å². The van der Waals surface area contributed by atoms with E-state index in [-0.39, 0.29) is 24.0 Å². The fourth-order valence-electron chi connectivity index (χ4n) is 2.85. The molecule has 11 heteroatoms. The van der Waals surface area contributed by atoms with E-state index in [1.807, 2.05) is 6.92 Å². The zero-order chi connectivity index (χ0) is 19.7. The molecule has 1 aliphatic heterocycles. The molecule has 28 heavy (non-hydrogen) atoms. The van der Waals surface area contributed by atoms with Gasteiger partial charge < -0.3 is 20.3 Å². The number of piperidine rings is 1. The van der Waals surface area contributed by atoms with E-state index in [2.05, 4.69) is 25.5 Å². The monoisotopic (exact) mass is 535 g/mol. The van der Waals surface area contributed by atoms with E-state index in [4.69, 9.17) is 4.74 Å². The molecule has 2 heterocycles. The van der Waals surface area contributed by atoms with Gasteiger partial charge in [-0.2, -0.15) is 13.2 Å². The summed E-state index contributed by atoms with van der Waals surface area (Å²) in [4.78, 5) is 10.5. The first-order chi connectivity index (χ1) is 12.9. The molecule has 2 rings (SSSR count). The fraction of sp³-hybridized carbons (Fsp3) is 0.765. The summed E-state index contributed by atoms with van der Waals surface area (Å²) in [6.45, 7) is 6.83. The number of aliphatic imine (C=N–C) groups is 1. The van der Waals surface area contributed by atoms with E-state index in [1.54, 1.807) is 7.11 Å². The van der Waals surface area contributed by atoms with Crippen molar-refractivity contribution in [3.63, 3.8) is 0 Å². The standard InChI is InChI=1S/C17H28F3N5OS.HI/c1-3-21-16(23-13-5-8-25(9-6-13)10-11-26-2)22-7-4-15-24-14(12-27-15)17(18,19)20;/h12-13H,3-11H2,1-2H3,(H2,21,22,23);1H. The quantitative estimate of drug-likeness (QED) is 0.305. The molecule has 1 aliphatic rings. The van der Waals surface area contributed by atoms with E-state index >= 15 is 0 Å². The van der Waals surface area contributed by atoms with Crippen molar-refractivity contribution in [2.45, 2.75) is 38.4 Å². The molecule has 0 atom stereocenters. The van der Waals surface area contributed by atoms with Crippen LogP contribution in [0, 0.1) is 0 Å². The molecule has 0 amide bonds. The summed E-state index contributed by atoms with van der Waals surface area (Å²) < 4.78 is 42.9. The molecule has 0 aliphatic carbocycles. The molecule has 1 aromatic rings. The molecule has 1 fully saturated rings. The number of nitrogens with zero attached hydrogens (tertiary/aromatic N) is 3. The lowest BCUT2D eigenvalue weighted by molar-refractivity contribution is -0.140. The molecule has 0 radical (unpaired) electrons. The van der Waals surface area contributed by atoms with Crippen LogP contribution in [-0.2, 0) is 17.3 Å². The summed E-state index contributed by atoms with van der Waals surface area (Å²) in [7, 11) is 1.71. The Balaban J connectivity index is 0.00000392. The van der Waals surface area contributed by atoms with Gasteiger partial charge >= 0.3 is 6.18 Å². The average molecular weight is 535 g/mol. The first-order valence-electron chi connectivity index (χ1n) is 9.20. The average Bonchev–Trinajstić information content (AvgIpc) is 3.11. The predicted octanol–water partition coefficient (Wildman–Crippen LogP) is 2.99. The topological polar surface area (TPSA) is 61.8 Å². The Hall–Kier alpha value is -0.660. The minimum atomic E-state index is -4.38. The third kappa shape index (κ3) is 8.78. The number of methoxy groups -OCH3 is 1. The molecular weight excluding hydrogens is 506 g/mol. The van der Waals surface area contributed by atoms with Crippen LogP contribution < -0.4 is 10.6 Å². The number of likely N-dealkylation sites (tertiary alicyclic amines) is 1. The minimum Gasteiger partial charge on any atom is -0.383 e. The van der Waals surface area contributed by atoms with Crippen LogP contribution in [0.1, 0.15) is 30.5 Å². The van der Waals surface area contributed by atoms with E-state index < -0.39 is 11.9 Å². The number of halogens is 4. The van der Waals surface area contributed by atoms with Gasteiger partial charge in [0.1, 0.15) is 0 Å². The van der Waals surface area contributed by atoms with Crippen LogP contribution in [0.25, 0.3) is 0 Å². The van der Waals surface area contributed by atoms with Gasteiger partial charge in [0.15, 0.2) is 11.7 Å². The van der Waals surface area contributed by atoms with Crippen LogP contribution in [-0.4, -0.2) is 68.3 Å². The lowest BCUT2D eigenvalue weighted by Crippen LogP contribution is -2.49. The summed E-state index contributed by atoms with van der Waals surface area (Å²) in [5, 5.41) is 8.14. The normalized spacial score (nSPS) is 16.7. The second kappa shape index (κ2) is 12.8. The maximum absolute atomic E-state index is 12.6. The van der Waals surface area contributed by atoms with E-state index in [1.165, 1.54) is 0 Å². The third-order valence-electron chi connectivity index (χ3n) is 4.32. The summed E-state index contributed by atoms with van der Waals surface area (Å²) in [5.74, 6) is 0.709. The zero-order valence-corrected chi connectivity index (χ0v) is 19.4. The van der Waals surface area contributed by atoms with E-state index in [0.717, 1.165) is 62.3 Å². The number of rotatable bonds is 8. The molecule has 0 aromatic carbocycles. The van der Waals surface area contributed by atoms with Gasteiger partial charge in [0, 0.05) is 57.7 Å². The SMILES string of the molecule is CCNC(=NCCc1nc(C(F)(F)F)cs1)NC1CCN(CCOC)CC1.I. The molecule has 0 bridgehead atoms. The number of alkyl halides is 3. The van der Waals surface area contributed by atoms with Crippen molar-refractivity contribution in [1.82, 2.24) is 20.5 Å². The highest BCUT2D eigenvalue weighted by atomic mass is 127. The molecule has 1 aromatic heterocycles. The largest absolute Gasteiger partial charge is 0.434 e. The van der Waals surface area contributed by atoms with Gasteiger partial charge in [-0.1, -0.05) is 0 Å². The van der Waals surface area contributed by atoms with Gasteiger partial charge in [-0.15, -0.1) is 35.3 Å². The Morgan fingerprint density at radius 3 is 2.68 bits per heavy atom. The van der Waals surface area contributed by atoms with Crippen LogP contribution >= 0.6 is 35.3 Å². The summed E-state index contributed by atoms with van der Waals surface area (Å²) in [5.41, 5.74) is -0.822. The predicted molar refractivity (Wildman–Crippen MR) is 117 cm³/mol. The maximum Gasteiger partial charge on any atom is 0.434 e. The zero-order valence-electron chi connectivity index (χ0n) is 16.2. The summed E-state index contributed by atoms with van der Waals surface area (Å²) >= 11 is 1.03. The smallest absolute Gasteiger partial charge is 0.383 e. The molecule has 0 saturated carbocycles. The van der Waals surface area contributed by atoms with Crippen LogP contribution in [0.4, 0.5) is 13.2 Å². The van der Waals surface area contributed by atoms with Crippen LogP contribution in [0.15, 0.2) is 10.4 Å². The number of hydrogen-bond donors (Lipinski definition) is 2. The van der Waals surface area contributed by atoms with Crippen molar-refractivity contribution < 1.29 is 17.9 Å². The van der Waals surface area contributed by atoms with Crippen LogP contribution in [0.5, 0.6) is 0 Å². The molecule has 0 spiro atoms. The Labute approximate surface area is 185 Å². The van der Waals surface area contributed by atoms with Gasteiger partial charge in [-0.05, 0) is 19.8 Å². The second-order valence-corrected chi connectivity index (χ2v) is 7.33. The molecule has 0 unspecified atom stereocenters. The first kappa shape index (κ1) is 25.4. The lowest BCUT2D eigenvalue weighted by atomic mass is 10.1. The van der Waals surface area contributed by atoms with Crippen LogP contribution in [0.3, 0.4) is 0 Å². The van der Waals surface area contributed by atoms with Crippen molar-refractivity contribution in [1.29, 1.82) is 0 Å². The van der Waals surface area contributed by atoms with Gasteiger partial charge in [0.05, 0.1) is 11.6 Å². The van der Waals surface area contributed by atoms with Crippen molar-refractivity contribution in [3.05, 3.63) is 16.1 Å². The van der Waals surface area contributed by atoms with Crippen molar-refractivity contribution in [2.75, 3.05) is 46.4 Å². The van der Waals surface area contributed by atoms with Gasteiger partial charge in [0.25, 0.3) is 0 Å². The number of ether oxygens (including phenoxy) is 1. The minimum absolute atomic E-state index is 0. The van der Waals surface area contributed by atoms with Crippen molar-refractivity contribution in [3.8, 4) is 0 Å². The van der Waals surface area contributed by atoms with Crippen molar-refractivity contribution in [2.24, 2.45) is 4.99 Å². The number of nitrogens with one attached hydrogen (secondary N) is 2. The fourth-order valence-corrected chi connectivity index (χ4v) is 3.65. The maximum atomic E-state index is 12.6. The van der Waals surface area contributed by atoms with Gasteiger partial charge in [-0.3, -0.25) is 4.99 Å². The number of thiazole rings is 1. The first-order valence-corrected chi connectivity index (χ1v) is 10.1. The van der Waals surface area contributed by atoms with Gasteiger partial charge in [0.2, 0.25) is 0 Å². The highest BCUT2D eigenvalue weighted by Gasteiger charge is 2.33. The Morgan fingerprint density at radius 2 is 2.11 bits per heavy atom. The molecule has 1 saturated heterocycles. The number of guanidine groups is 1. The van der Waals surface area contributed by atoms with Crippen molar-refractivity contribution >= 4 is 41.3 Å². The summed E-state index contributed by atoms with van der Waals surface area (Å²) in [6, 6.07) is 0.346. The molecule has 2 N–H and O–H groups in total. The Bertz CT molecular complexity index is 592. The second-order valence-electron chi connectivity index (χ2n) is 6.39. The summed E-state index contributed by atoms with van der Waals surface area (Å²) in [6.07, 6.45) is -1.94. The Kier molecular flexibility index (Phi) is 11.6. The highest BCUT2D eigenvalue weighted by molar-refractivity contribution is 14.0. The molecule has 162 valence electrons. The lowest BCUT2D eigenvalue weighted by Gasteiger charge is -2.32. The highest BCUT2D eigenvalue weighted by Crippen LogP contribution is 2.30. The molecular formula is C17H29F3IN5OS. The van der Waals surface area contributed by atoms with E-state index in [9.17, 15) is 13.2 Å². The Morgan fingerprint density at radius 1 is 1.39 bits per heavy atom. The molecule has 6 nitrogen and oxygen atoms in total. The van der Waals surface area contributed by atoms with Crippen LogP contribution in [0.2, 0.25) is 0 Å². The number of aromatic nitrogens is 1. The van der Waals surface area contributed by atoms with E-state index in [0.29, 0.717) is 30.0 Å². The number of hydrogen-bond acceptors (Lipinski definition) is 5.